The van der Waals surface area contributed by atoms with E-state index in [1.165, 1.54) is 31.2 Å². The molecule has 5 nitrogen and oxygen atoms in total. The summed E-state index contributed by atoms with van der Waals surface area (Å²) >= 11 is 0. The third kappa shape index (κ3) is 10.4. The van der Waals surface area contributed by atoms with E-state index < -0.39 is 0 Å². The summed E-state index contributed by atoms with van der Waals surface area (Å²) in [5.41, 5.74) is 1.43. The molecule has 0 atom stereocenters. The molecule has 0 aromatic heterocycles. The average molecular weight is 376 g/mol. The van der Waals surface area contributed by atoms with Crippen molar-refractivity contribution in [2.75, 3.05) is 46.6 Å². The standard InChI is InChI=1S/C22H37N3O2/c1-23-22(24-14-7-3-6-11-20-9-4-2-5-10-20)25-15-8-16-27-19-21-12-17-26-18-13-21/h2,4-5,9-10,21H,3,6-8,11-19H2,1H3,(H2,23,24,25). The van der Waals surface area contributed by atoms with Crippen molar-refractivity contribution < 1.29 is 9.47 Å². The summed E-state index contributed by atoms with van der Waals surface area (Å²) in [7, 11) is 1.83. The van der Waals surface area contributed by atoms with Gasteiger partial charge in [0.2, 0.25) is 0 Å². The maximum Gasteiger partial charge on any atom is 0.190 e. The molecule has 152 valence electrons. The van der Waals surface area contributed by atoms with Gasteiger partial charge in [-0.1, -0.05) is 36.8 Å². The molecule has 0 bridgehead atoms. The molecule has 1 aromatic carbocycles. The van der Waals surface area contributed by atoms with Gasteiger partial charge in [-0.15, -0.1) is 0 Å². The summed E-state index contributed by atoms with van der Waals surface area (Å²) in [6.07, 6.45) is 8.09. The highest BCUT2D eigenvalue weighted by molar-refractivity contribution is 5.79. The first kappa shape index (κ1) is 21.7. The van der Waals surface area contributed by atoms with Gasteiger partial charge >= 0.3 is 0 Å². The summed E-state index contributed by atoms with van der Waals surface area (Å²) in [5, 5.41) is 6.76. The van der Waals surface area contributed by atoms with E-state index in [1.54, 1.807) is 0 Å². The van der Waals surface area contributed by atoms with Crippen LogP contribution in [0.15, 0.2) is 35.3 Å². The number of hydrogen-bond donors (Lipinski definition) is 2. The lowest BCUT2D eigenvalue weighted by atomic mass is 10.0. The number of benzene rings is 1. The molecular formula is C22H37N3O2. The van der Waals surface area contributed by atoms with Crippen molar-refractivity contribution in [3.63, 3.8) is 0 Å². The van der Waals surface area contributed by atoms with Gasteiger partial charge in [0.25, 0.3) is 0 Å². The van der Waals surface area contributed by atoms with E-state index in [0.717, 1.165) is 64.7 Å². The SMILES string of the molecule is CN=C(NCCCCCc1ccccc1)NCCCOCC1CCOCC1. The lowest BCUT2D eigenvalue weighted by molar-refractivity contribution is 0.0203. The number of nitrogens with one attached hydrogen (secondary N) is 2. The third-order valence-corrected chi connectivity index (χ3v) is 4.95. The van der Waals surface area contributed by atoms with Gasteiger partial charge < -0.3 is 20.1 Å². The Morgan fingerprint density at radius 2 is 1.78 bits per heavy atom. The number of rotatable bonds is 12. The van der Waals surface area contributed by atoms with Crippen LogP contribution in [-0.4, -0.2) is 52.5 Å². The normalized spacial score (nSPS) is 15.7. The first-order valence-electron chi connectivity index (χ1n) is 10.5. The van der Waals surface area contributed by atoms with Crippen LogP contribution in [0.2, 0.25) is 0 Å². The molecule has 0 spiro atoms. The van der Waals surface area contributed by atoms with Crippen LogP contribution in [0.1, 0.15) is 44.1 Å². The van der Waals surface area contributed by atoms with Crippen molar-refractivity contribution in [2.45, 2.75) is 44.9 Å². The maximum atomic E-state index is 5.79. The highest BCUT2D eigenvalue weighted by atomic mass is 16.5. The van der Waals surface area contributed by atoms with Crippen LogP contribution in [0, 0.1) is 5.92 Å². The highest BCUT2D eigenvalue weighted by Crippen LogP contribution is 2.14. The van der Waals surface area contributed by atoms with Gasteiger partial charge in [0.15, 0.2) is 5.96 Å². The van der Waals surface area contributed by atoms with Gasteiger partial charge in [-0.25, -0.2) is 0 Å². The number of guanidine groups is 1. The summed E-state index contributed by atoms with van der Waals surface area (Å²) in [6.45, 7) is 5.32. The smallest absolute Gasteiger partial charge is 0.190 e. The number of unbranched alkanes of at least 4 members (excludes halogenated alkanes) is 2. The zero-order valence-corrected chi connectivity index (χ0v) is 16.9. The van der Waals surface area contributed by atoms with Gasteiger partial charge in [-0.3, -0.25) is 4.99 Å². The average Bonchev–Trinajstić information content (AvgIpc) is 2.73. The quantitative estimate of drug-likeness (QED) is 0.334. The zero-order chi connectivity index (χ0) is 19.0. The molecule has 0 aliphatic carbocycles. The van der Waals surface area contributed by atoms with Crippen molar-refractivity contribution in [2.24, 2.45) is 10.9 Å². The summed E-state index contributed by atoms with van der Waals surface area (Å²) in [6, 6.07) is 10.7. The lowest BCUT2D eigenvalue weighted by Gasteiger charge is -2.21. The van der Waals surface area contributed by atoms with E-state index in [4.69, 9.17) is 9.47 Å². The summed E-state index contributed by atoms with van der Waals surface area (Å²) in [4.78, 5) is 4.28. The minimum Gasteiger partial charge on any atom is -0.381 e. The molecule has 1 heterocycles. The van der Waals surface area contributed by atoms with Crippen LogP contribution in [0.3, 0.4) is 0 Å². The van der Waals surface area contributed by atoms with Crippen LogP contribution in [0.25, 0.3) is 0 Å². The van der Waals surface area contributed by atoms with Crippen LogP contribution in [0.4, 0.5) is 0 Å². The number of hydrogen-bond acceptors (Lipinski definition) is 3. The van der Waals surface area contributed by atoms with Crippen LogP contribution < -0.4 is 10.6 Å². The van der Waals surface area contributed by atoms with Gasteiger partial charge in [0, 0.05) is 46.6 Å². The minimum atomic E-state index is 0.683. The largest absolute Gasteiger partial charge is 0.381 e. The van der Waals surface area contributed by atoms with Crippen molar-refractivity contribution in [3.05, 3.63) is 35.9 Å². The second-order valence-electron chi connectivity index (χ2n) is 7.21. The molecule has 5 heteroatoms. The van der Waals surface area contributed by atoms with Gasteiger partial charge in [0.1, 0.15) is 0 Å². The molecule has 1 aliphatic rings. The first-order valence-corrected chi connectivity index (χ1v) is 10.5. The Labute approximate surface area is 164 Å². The molecule has 1 saturated heterocycles. The Bertz CT molecular complexity index is 502. The molecule has 2 N–H and O–H groups in total. The van der Waals surface area contributed by atoms with Crippen molar-refractivity contribution in [1.82, 2.24) is 10.6 Å². The van der Waals surface area contributed by atoms with Crippen molar-refractivity contribution in [3.8, 4) is 0 Å². The van der Waals surface area contributed by atoms with Crippen molar-refractivity contribution in [1.29, 1.82) is 0 Å². The zero-order valence-electron chi connectivity index (χ0n) is 16.9. The fourth-order valence-electron chi connectivity index (χ4n) is 3.25. The van der Waals surface area contributed by atoms with E-state index in [1.807, 2.05) is 7.05 Å². The molecule has 0 saturated carbocycles. The Balaban J connectivity index is 1.40. The molecule has 0 unspecified atom stereocenters. The number of aryl methyl sites for hydroxylation is 1. The van der Waals surface area contributed by atoms with E-state index in [0.29, 0.717) is 5.92 Å². The first-order chi connectivity index (χ1) is 13.4. The fourth-order valence-corrected chi connectivity index (χ4v) is 3.25. The molecule has 0 radical (unpaired) electrons. The molecule has 0 amide bonds. The topological polar surface area (TPSA) is 54.9 Å². The van der Waals surface area contributed by atoms with E-state index >= 15 is 0 Å². The van der Waals surface area contributed by atoms with Crippen LogP contribution >= 0.6 is 0 Å². The molecular weight excluding hydrogens is 338 g/mol. The monoisotopic (exact) mass is 375 g/mol. The van der Waals surface area contributed by atoms with Crippen molar-refractivity contribution >= 4 is 5.96 Å². The Morgan fingerprint density at radius 3 is 2.52 bits per heavy atom. The Morgan fingerprint density at radius 1 is 1.04 bits per heavy atom. The third-order valence-electron chi connectivity index (χ3n) is 4.95. The van der Waals surface area contributed by atoms with Gasteiger partial charge in [-0.05, 0) is 50.0 Å². The lowest BCUT2D eigenvalue weighted by Crippen LogP contribution is -2.38. The fraction of sp³-hybridized carbons (Fsp3) is 0.682. The maximum absolute atomic E-state index is 5.79. The number of ether oxygens (including phenoxy) is 2. The number of aliphatic imine (C=N–C) groups is 1. The Kier molecular flexibility index (Phi) is 11.6. The van der Waals surface area contributed by atoms with Gasteiger partial charge in [0.05, 0.1) is 0 Å². The van der Waals surface area contributed by atoms with E-state index in [2.05, 4.69) is 46.0 Å². The summed E-state index contributed by atoms with van der Waals surface area (Å²) in [5.74, 6) is 1.57. The predicted molar refractivity (Wildman–Crippen MR) is 112 cm³/mol. The van der Waals surface area contributed by atoms with Crippen LogP contribution in [0.5, 0.6) is 0 Å². The highest BCUT2D eigenvalue weighted by Gasteiger charge is 2.13. The minimum absolute atomic E-state index is 0.683. The second kappa shape index (κ2) is 14.5. The number of nitrogens with zero attached hydrogens (tertiary/aromatic N) is 1. The second-order valence-corrected chi connectivity index (χ2v) is 7.21. The molecule has 1 aliphatic heterocycles. The predicted octanol–water partition coefficient (Wildman–Crippen LogP) is 3.40. The van der Waals surface area contributed by atoms with Gasteiger partial charge in [-0.2, -0.15) is 0 Å². The molecule has 2 rings (SSSR count). The Hall–Kier alpha value is -1.59. The summed E-state index contributed by atoms with van der Waals surface area (Å²) < 4.78 is 11.2. The van der Waals surface area contributed by atoms with E-state index in [9.17, 15) is 0 Å². The van der Waals surface area contributed by atoms with Crippen LogP contribution in [-0.2, 0) is 15.9 Å². The van der Waals surface area contributed by atoms with E-state index in [-0.39, 0.29) is 0 Å². The molecule has 27 heavy (non-hydrogen) atoms. The molecule has 1 fully saturated rings. The molecule has 1 aromatic rings.